The maximum Gasteiger partial charge on any atom is 0.349 e. The molecule has 0 unspecified atom stereocenters. The molecule has 0 spiro atoms. The lowest BCUT2D eigenvalue weighted by atomic mass is 10.1. The van der Waals surface area contributed by atoms with Gasteiger partial charge in [-0.2, -0.15) is 5.26 Å². The van der Waals surface area contributed by atoms with Crippen molar-refractivity contribution in [1.29, 1.82) is 5.26 Å². The molecular formula is C24H29NO3. The van der Waals surface area contributed by atoms with Crippen molar-refractivity contribution in [2.75, 3.05) is 6.61 Å². The van der Waals surface area contributed by atoms with Gasteiger partial charge in [0.05, 0.1) is 6.61 Å². The smallest absolute Gasteiger partial charge is 0.349 e. The standard InChI is InChI=1S/C24H29NO3/c1-2-3-4-5-6-7-8-12-17-27-24(26)21(19-25)18-22-15-16-23(28-22)20-13-10-9-11-14-20/h9-11,13-16,18H,2-8,12,17H2,1H3/b21-18+. The van der Waals surface area contributed by atoms with Crippen LogP contribution in [0.1, 0.15) is 64.1 Å². The van der Waals surface area contributed by atoms with Gasteiger partial charge in [0.1, 0.15) is 23.2 Å². The van der Waals surface area contributed by atoms with Gasteiger partial charge in [-0.25, -0.2) is 4.79 Å². The second-order valence-electron chi connectivity index (χ2n) is 6.85. The van der Waals surface area contributed by atoms with E-state index in [-0.39, 0.29) is 5.57 Å². The van der Waals surface area contributed by atoms with Gasteiger partial charge < -0.3 is 9.15 Å². The fourth-order valence-electron chi connectivity index (χ4n) is 2.95. The van der Waals surface area contributed by atoms with Gasteiger partial charge >= 0.3 is 5.97 Å². The molecular weight excluding hydrogens is 350 g/mol. The summed E-state index contributed by atoms with van der Waals surface area (Å²) in [6.07, 6.45) is 10.9. The normalized spacial score (nSPS) is 11.2. The van der Waals surface area contributed by atoms with E-state index in [4.69, 9.17) is 9.15 Å². The Labute approximate surface area is 167 Å². The van der Waals surface area contributed by atoms with Crippen LogP contribution in [0.5, 0.6) is 0 Å². The van der Waals surface area contributed by atoms with Crippen LogP contribution in [-0.2, 0) is 9.53 Å². The summed E-state index contributed by atoms with van der Waals surface area (Å²) < 4.78 is 10.9. The van der Waals surface area contributed by atoms with Crippen LogP contribution in [0.3, 0.4) is 0 Å². The number of nitrogens with zero attached hydrogens (tertiary/aromatic N) is 1. The highest BCUT2D eigenvalue weighted by Gasteiger charge is 2.12. The third-order valence-electron chi connectivity index (χ3n) is 4.54. The zero-order valence-electron chi connectivity index (χ0n) is 16.7. The van der Waals surface area contributed by atoms with Crippen molar-refractivity contribution in [1.82, 2.24) is 0 Å². The van der Waals surface area contributed by atoms with E-state index in [1.165, 1.54) is 38.2 Å². The minimum atomic E-state index is -0.594. The molecule has 1 aromatic carbocycles. The number of ether oxygens (including phenoxy) is 1. The number of esters is 1. The summed E-state index contributed by atoms with van der Waals surface area (Å²) >= 11 is 0. The first-order valence-electron chi connectivity index (χ1n) is 10.2. The molecule has 1 aromatic heterocycles. The Morgan fingerprint density at radius 3 is 2.36 bits per heavy atom. The summed E-state index contributed by atoms with van der Waals surface area (Å²) in [5, 5.41) is 9.26. The Hall–Kier alpha value is -2.80. The molecule has 0 saturated heterocycles. The van der Waals surface area contributed by atoms with Gasteiger partial charge in [-0.15, -0.1) is 0 Å². The van der Waals surface area contributed by atoms with Gasteiger partial charge in [0.25, 0.3) is 0 Å². The Balaban J connectivity index is 1.76. The van der Waals surface area contributed by atoms with E-state index in [0.717, 1.165) is 24.8 Å². The van der Waals surface area contributed by atoms with Crippen LogP contribution < -0.4 is 0 Å². The van der Waals surface area contributed by atoms with Crippen molar-refractivity contribution in [2.24, 2.45) is 0 Å². The Morgan fingerprint density at radius 1 is 1.00 bits per heavy atom. The van der Waals surface area contributed by atoms with E-state index in [9.17, 15) is 10.1 Å². The molecule has 4 heteroatoms. The maximum atomic E-state index is 12.1. The summed E-state index contributed by atoms with van der Waals surface area (Å²) in [5.74, 6) is 0.555. The summed E-state index contributed by atoms with van der Waals surface area (Å²) in [5.41, 5.74) is 0.895. The number of carbonyl (C=O) groups is 1. The van der Waals surface area contributed by atoms with Crippen LogP contribution in [0, 0.1) is 11.3 Å². The minimum Gasteiger partial charge on any atom is -0.462 e. The van der Waals surface area contributed by atoms with Crippen LogP contribution in [0.15, 0.2) is 52.5 Å². The third-order valence-corrected chi connectivity index (χ3v) is 4.54. The molecule has 0 aliphatic rings. The number of hydrogen-bond donors (Lipinski definition) is 0. The number of nitriles is 1. The molecule has 28 heavy (non-hydrogen) atoms. The second-order valence-corrected chi connectivity index (χ2v) is 6.85. The van der Waals surface area contributed by atoms with E-state index in [1.54, 1.807) is 6.07 Å². The quantitative estimate of drug-likeness (QED) is 0.182. The molecule has 0 amide bonds. The number of rotatable bonds is 12. The summed E-state index contributed by atoms with van der Waals surface area (Å²) in [7, 11) is 0. The van der Waals surface area contributed by atoms with Gasteiger partial charge in [-0.1, -0.05) is 82.2 Å². The van der Waals surface area contributed by atoms with Crippen LogP contribution >= 0.6 is 0 Å². The summed E-state index contributed by atoms with van der Waals surface area (Å²) in [6.45, 7) is 2.56. The zero-order chi connectivity index (χ0) is 20.0. The lowest BCUT2D eigenvalue weighted by molar-refractivity contribution is -0.138. The van der Waals surface area contributed by atoms with E-state index in [2.05, 4.69) is 6.92 Å². The molecule has 0 radical (unpaired) electrons. The molecule has 0 saturated carbocycles. The first-order chi connectivity index (χ1) is 13.7. The van der Waals surface area contributed by atoms with Crippen LogP contribution in [-0.4, -0.2) is 12.6 Å². The largest absolute Gasteiger partial charge is 0.462 e. The molecule has 0 N–H and O–H groups in total. The predicted molar refractivity (Wildman–Crippen MR) is 111 cm³/mol. The summed E-state index contributed by atoms with van der Waals surface area (Å²) in [4.78, 5) is 12.1. The molecule has 2 rings (SSSR count). The lowest BCUT2D eigenvalue weighted by Gasteiger charge is -2.04. The SMILES string of the molecule is CCCCCCCCCCOC(=O)/C(C#N)=C/c1ccc(-c2ccccc2)o1. The van der Waals surface area contributed by atoms with Crippen LogP contribution in [0.2, 0.25) is 0 Å². The second kappa shape index (κ2) is 12.6. The molecule has 0 aliphatic carbocycles. The van der Waals surface area contributed by atoms with E-state index >= 15 is 0 Å². The molecule has 148 valence electrons. The average Bonchev–Trinajstić information content (AvgIpc) is 3.20. The maximum absolute atomic E-state index is 12.1. The molecule has 4 nitrogen and oxygen atoms in total. The summed E-state index contributed by atoms with van der Waals surface area (Å²) in [6, 6.07) is 15.1. The molecule has 0 aliphatic heterocycles. The zero-order valence-corrected chi connectivity index (χ0v) is 16.7. The lowest BCUT2D eigenvalue weighted by Crippen LogP contribution is -2.07. The fraction of sp³-hybridized carbons (Fsp3) is 0.417. The van der Waals surface area contributed by atoms with Gasteiger partial charge in [0.2, 0.25) is 0 Å². The van der Waals surface area contributed by atoms with Gasteiger partial charge in [-0.05, 0) is 18.6 Å². The monoisotopic (exact) mass is 379 g/mol. The topological polar surface area (TPSA) is 63.2 Å². The van der Waals surface area contributed by atoms with Gasteiger partial charge in [0, 0.05) is 11.6 Å². The number of furan rings is 1. The molecule has 0 bridgehead atoms. The number of unbranched alkanes of at least 4 members (excludes halogenated alkanes) is 7. The number of benzene rings is 1. The first-order valence-corrected chi connectivity index (χ1v) is 10.2. The minimum absolute atomic E-state index is 0.0477. The van der Waals surface area contributed by atoms with Crippen molar-refractivity contribution in [3.8, 4) is 17.4 Å². The van der Waals surface area contributed by atoms with E-state index in [1.807, 2.05) is 42.5 Å². The third kappa shape index (κ3) is 7.44. The fourth-order valence-corrected chi connectivity index (χ4v) is 2.95. The molecule has 0 fully saturated rings. The predicted octanol–water partition coefficient (Wildman–Crippen LogP) is 6.54. The Kier molecular flexibility index (Phi) is 9.65. The number of carbonyl (C=O) groups excluding carboxylic acids is 1. The molecule has 1 heterocycles. The first kappa shape index (κ1) is 21.5. The Bertz CT molecular complexity index is 784. The van der Waals surface area contributed by atoms with Gasteiger partial charge in [-0.3, -0.25) is 0 Å². The van der Waals surface area contributed by atoms with Crippen LogP contribution in [0.25, 0.3) is 17.4 Å². The highest BCUT2D eigenvalue weighted by molar-refractivity contribution is 5.97. The van der Waals surface area contributed by atoms with Crippen molar-refractivity contribution < 1.29 is 13.9 Å². The average molecular weight is 380 g/mol. The van der Waals surface area contributed by atoms with Crippen molar-refractivity contribution in [2.45, 2.75) is 58.3 Å². The highest BCUT2D eigenvalue weighted by atomic mass is 16.5. The van der Waals surface area contributed by atoms with Crippen molar-refractivity contribution >= 4 is 12.0 Å². The highest BCUT2D eigenvalue weighted by Crippen LogP contribution is 2.23. The molecule has 0 atom stereocenters. The van der Waals surface area contributed by atoms with Crippen molar-refractivity contribution in [3.05, 3.63) is 53.8 Å². The van der Waals surface area contributed by atoms with E-state index < -0.39 is 5.97 Å². The number of hydrogen-bond acceptors (Lipinski definition) is 4. The Morgan fingerprint density at radius 2 is 1.68 bits per heavy atom. The van der Waals surface area contributed by atoms with Crippen LogP contribution in [0.4, 0.5) is 0 Å². The van der Waals surface area contributed by atoms with Gasteiger partial charge in [0.15, 0.2) is 0 Å². The van der Waals surface area contributed by atoms with E-state index in [0.29, 0.717) is 18.1 Å². The van der Waals surface area contributed by atoms with Crippen molar-refractivity contribution in [3.63, 3.8) is 0 Å². The molecule has 2 aromatic rings.